The van der Waals surface area contributed by atoms with Crippen LogP contribution in [0.1, 0.15) is 17.8 Å². The summed E-state index contributed by atoms with van der Waals surface area (Å²) in [5.41, 5.74) is 1.98. The van der Waals surface area contributed by atoms with Crippen LogP contribution in [-0.4, -0.2) is 34.5 Å². The molecule has 0 aliphatic carbocycles. The number of aromatic nitrogens is 4. The van der Waals surface area contributed by atoms with Crippen molar-refractivity contribution in [2.45, 2.75) is 31.7 Å². The molecule has 0 aliphatic heterocycles. The lowest BCUT2D eigenvalue weighted by molar-refractivity contribution is 0.544. The first-order valence-corrected chi connectivity index (χ1v) is 8.76. The van der Waals surface area contributed by atoms with E-state index in [1.165, 1.54) is 17.1 Å². The van der Waals surface area contributed by atoms with Crippen LogP contribution >= 0.6 is 15.9 Å². The number of nitrogens with one attached hydrogen (secondary N) is 1. The van der Waals surface area contributed by atoms with E-state index in [0.717, 1.165) is 15.9 Å². The third kappa shape index (κ3) is 3.72. The van der Waals surface area contributed by atoms with Crippen LogP contribution < -0.4 is 4.72 Å². The Kier molecular flexibility index (Phi) is 4.84. The highest BCUT2D eigenvalue weighted by molar-refractivity contribution is 9.10. The van der Waals surface area contributed by atoms with E-state index in [0.29, 0.717) is 19.5 Å². The van der Waals surface area contributed by atoms with Gasteiger partial charge in [0.05, 0.1) is 16.4 Å². The molecule has 2 heterocycles. The summed E-state index contributed by atoms with van der Waals surface area (Å²) in [6.07, 6.45) is 3.47. The van der Waals surface area contributed by atoms with E-state index in [-0.39, 0.29) is 4.90 Å². The van der Waals surface area contributed by atoms with Gasteiger partial charge in [0.25, 0.3) is 0 Å². The fraction of sp³-hybridized carbons (Fsp3) is 0.500. The molecule has 2 aromatic heterocycles. The Morgan fingerprint density at radius 3 is 2.62 bits per heavy atom. The lowest BCUT2D eigenvalue weighted by atomic mass is 10.4. The van der Waals surface area contributed by atoms with E-state index in [1.807, 2.05) is 18.5 Å². The fourth-order valence-electron chi connectivity index (χ4n) is 1.95. The monoisotopic (exact) mass is 375 g/mol. The summed E-state index contributed by atoms with van der Waals surface area (Å²) in [5.74, 6) is 0. The van der Waals surface area contributed by atoms with Gasteiger partial charge < -0.3 is 0 Å². The molecule has 116 valence electrons. The largest absolute Gasteiger partial charge is 0.274 e. The SMILES string of the molecule is Cc1nn(CCCNS(=O)(=O)c2cnn(C)c2)c(C)c1Br. The molecule has 2 rings (SSSR count). The maximum atomic E-state index is 12.0. The van der Waals surface area contributed by atoms with Crippen molar-refractivity contribution in [3.63, 3.8) is 0 Å². The minimum Gasteiger partial charge on any atom is -0.274 e. The van der Waals surface area contributed by atoms with Gasteiger partial charge in [0.1, 0.15) is 4.90 Å². The highest BCUT2D eigenvalue weighted by Crippen LogP contribution is 2.19. The molecule has 0 bridgehead atoms. The fourth-order valence-corrected chi connectivity index (χ4v) is 3.29. The zero-order chi connectivity index (χ0) is 15.6. The van der Waals surface area contributed by atoms with E-state index >= 15 is 0 Å². The summed E-state index contributed by atoms with van der Waals surface area (Å²) < 4.78 is 30.9. The second kappa shape index (κ2) is 6.29. The molecule has 2 aromatic rings. The molecule has 9 heteroatoms. The van der Waals surface area contributed by atoms with Crippen molar-refractivity contribution in [3.05, 3.63) is 28.3 Å². The molecule has 0 spiro atoms. The maximum Gasteiger partial charge on any atom is 0.243 e. The van der Waals surface area contributed by atoms with Gasteiger partial charge in [0.2, 0.25) is 10.0 Å². The smallest absolute Gasteiger partial charge is 0.243 e. The van der Waals surface area contributed by atoms with Gasteiger partial charge in [0.15, 0.2) is 0 Å². The van der Waals surface area contributed by atoms with Gasteiger partial charge in [-0.2, -0.15) is 10.2 Å². The topological polar surface area (TPSA) is 81.8 Å². The zero-order valence-corrected chi connectivity index (χ0v) is 14.6. The Labute approximate surface area is 132 Å². The summed E-state index contributed by atoms with van der Waals surface area (Å²) in [6.45, 7) is 4.92. The predicted octanol–water partition coefficient (Wildman–Crippen LogP) is 1.36. The van der Waals surface area contributed by atoms with Gasteiger partial charge in [-0.15, -0.1) is 0 Å². The molecule has 0 saturated carbocycles. The van der Waals surface area contributed by atoms with Gasteiger partial charge in [-0.05, 0) is 36.2 Å². The third-order valence-corrected chi connectivity index (χ3v) is 5.69. The molecule has 0 radical (unpaired) electrons. The average Bonchev–Trinajstić information content (AvgIpc) is 2.96. The lowest BCUT2D eigenvalue weighted by Crippen LogP contribution is -2.25. The highest BCUT2D eigenvalue weighted by atomic mass is 79.9. The van der Waals surface area contributed by atoms with Crippen molar-refractivity contribution in [2.75, 3.05) is 6.54 Å². The first-order chi connectivity index (χ1) is 9.81. The van der Waals surface area contributed by atoms with Crippen LogP contribution in [0.3, 0.4) is 0 Å². The van der Waals surface area contributed by atoms with Gasteiger partial charge in [0, 0.05) is 32.0 Å². The number of hydrogen-bond donors (Lipinski definition) is 1. The molecule has 0 amide bonds. The average molecular weight is 376 g/mol. The van der Waals surface area contributed by atoms with E-state index in [2.05, 4.69) is 30.8 Å². The number of aryl methyl sites for hydroxylation is 3. The van der Waals surface area contributed by atoms with Crippen LogP contribution in [0, 0.1) is 13.8 Å². The predicted molar refractivity (Wildman–Crippen MR) is 82.4 cm³/mol. The van der Waals surface area contributed by atoms with Crippen LogP contribution in [0.2, 0.25) is 0 Å². The van der Waals surface area contributed by atoms with E-state index < -0.39 is 10.0 Å². The van der Waals surface area contributed by atoms with Crippen LogP contribution in [0.4, 0.5) is 0 Å². The normalized spacial score (nSPS) is 12.0. The first-order valence-electron chi connectivity index (χ1n) is 6.49. The summed E-state index contributed by atoms with van der Waals surface area (Å²) in [7, 11) is -1.80. The maximum absolute atomic E-state index is 12.0. The molecular formula is C12H18BrN5O2S. The number of sulfonamides is 1. The second-order valence-electron chi connectivity index (χ2n) is 4.81. The molecule has 7 nitrogen and oxygen atoms in total. The molecule has 0 aromatic carbocycles. The van der Waals surface area contributed by atoms with E-state index in [9.17, 15) is 8.42 Å². The highest BCUT2D eigenvalue weighted by Gasteiger charge is 2.15. The first kappa shape index (κ1) is 16.2. The Hall–Kier alpha value is -1.19. The number of halogens is 1. The third-order valence-electron chi connectivity index (χ3n) is 3.12. The second-order valence-corrected chi connectivity index (χ2v) is 7.37. The zero-order valence-electron chi connectivity index (χ0n) is 12.2. The minimum absolute atomic E-state index is 0.179. The molecule has 0 fully saturated rings. The number of hydrogen-bond acceptors (Lipinski definition) is 4. The molecule has 0 saturated heterocycles. The van der Waals surface area contributed by atoms with Crippen molar-refractivity contribution in [1.29, 1.82) is 0 Å². The lowest BCUT2D eigenvalue weighted by Gasteiger charge is -2.06. The Balaban J connectivity index is 1.88. The Bertz CT molecular complexity index is 735. The summed E-state index contributed by atoms with van der Waals surface area (Å²) in [6, 6.07) is 0. The van der Waals surface area contributed by atoms with Crippen LogP contribution in [0.15, 0.2) is 21.8 Å². The quantitative estimate of drug-likeness (QED) is 0.772. The number of nitrogens with zero attached hydrogens (tertiary/aromatic N) is 4. The summed E-state index contributed by atoms with van der Waals surface area (Å²) in [5, 5.41) is 8.25. The Morgan fingerprint density at radius 2 is 2.10 bits per heavy atom. The molecule has 0 unspecified atom stereocenters. The molecular weight excluding hydrogens is 358 g/mol. The summed E-state index contributed by atoms with van der Waals surface area (Å²) in [4.78, 5) is 0.179. The van der Waals surface area contributed by atoms with Gasteiger partial charge in [-0.25, -0.2) is 13.1 Å². The molecule has 0 aliphatic rings. The molecule has 1 N–H and O–H groups in total. The standard InChI is InChI=1S/C12H18BrN5O2S/c1-9-12(13)10(2)18(16-9)6-4-5-15-21(19,20)11-7-14-17(3)8-11/h7-8,15H,4-6H2,1-3H3. The van der Waals surface area contributed by atoms with Crippen LogP contribution in [0.5, 0.6) is 0 Å². The Morgan fingerprint density at radius 1 is 1.38 bits per heavy atom. The van der Waals surface area contributed by atoms with Crippen molar-refractivity contribution >= 4 is 26.0 Å². The minimum atomic E-state index is -3.48. The van der Waals surface area contributed by atoms with E-state index in [4.69, 9.17) is 0 Å². The van der Waals surface area contributed by atoms with Crippen molar-refractivity contribution in [1.82, 2.24) is 24.3 Å². The van der Waals surface area contributed by atoms with Gasteiger partial charge in [-0.3, -0.25) is 9.36 Å². The van der Waals surface area contributed by atoms with Crippen LogP contribution in [0.25, 0.3) is 0 Å². The van der Waals surface area contributed by atoms with Crippen LogP contribution in [-0.2, 0) is 23.6 Å². The molecule has 21 heavy (non-hydrogen) atoms. The van der Waals surface area contributed by atoms with Crippen molar-refractivity contribution < 1.29 is 8.42 Å². The van der Waals surface area contributed by atoms with Crippen molar-refractivity contribution in [3.8, 4) is 0 Å². The van der Waals surface area contributed by atoms with Crippen molar-refractivity contribution in [2.24, 2.45) is 7.05 Å². The van der Waals surface area contributed by atoms with E-state index in [1.54, 1.807) is 7.05 Å². The number of rotatable bonds is 6. The molecule has 0 atom stereocenters. The summed E-state index contributed by atoms with van der Waals surface area (Å²) >= 11 is 3.47. The van der Waals surface area contributed by atoms with Gasteiger partial charge >= 0.3 is 0 Å². The van der Waals surface area contributed by atoms with Gasteiger partial charge in [-0.1, -0.05) is 0 Å².